The van der Waals surface area contributed by atoms with Crippen LogP contribution in [-0.4, -0.2) is 49.6 Å². The monoisotopic (exact) mass is 391 g/mol. The van der Waals surface area contributed by atoms with Crippen LogP contribution in [0.2, 0.25) is 5.02 Å². The molecule has 2 heterocycles. The van der Waals surface area contributed by atoms with Crippen LogP contribution >= 0.6 is 11.6 Å². The molecule has 0 aliphatic carbocycles. The maximum absolute atomic E-state index is 12.3. The van der Waals surface area contributed by atoms with E-state index in [-0.39, 0.29) is 12.6 Å². The summed E-state index contributed by atoms with van der Waals surface area (Å²) >= 11 is 5.95. The van der Waals surface area contributed by atoms with Crippen LogP contribution < -0.4 is 10.6 Å². The van der Waals surface area contributed by atoms with Gasteiger partial charge in [0.05, 0.1) is 25.5 Å². The Bertz CT molecular complexity index is 788. The van der Waals surface area contributed by atoms with Crippen molar-refractivity contribution >= 4 is 29.1 Å². The third kappa shape index (κ3) is 5.09. The van der Waals surface area contributed by atoms with Crippen LogP contribution in [0.4, 0.5) is 5.69 Å². The van der Waals surface area contributed by atoms with Crippen molar-refractivity contribution in [1.29, 1.82) is 0 Å². The smallest absolute Gasteiger partial charge is 0.313 e. The van der Waals surface area contributed by atoms with Crippen LogP contribution in [0, 0.1) is 6.92 Å². The molecule has 1 aromatic heterocycles. The fourth-order valence-electron chi connectivity index (χ4n) is 2.96. The minimum atomic E-state index is -0.736. The van der Waals surface area contributed by atoms with Gasteiger partial charge in [0.1, 0.15) is 5.76 Å². The Kier molecular flexibility index (Phi) is 6.49. The number of rotatable bonds is 5. The van der Waals surface area contributed by atoms with E-state index in [9.17, 15) is 9.59 Å². The summed E-state index contributed by atoms with van der Waals surface area (Å²) in [5, 5.41) is 5.78. The van der Waals surface area contributed by atoms with Gasteiger partial charge in [-0.25, -0.2) is 0 Å². The molecule has 1 atom stereocenters. The minimum Gasteiger partial charge on any atom is -0.468 e. The van der Waals surface area contributed by atoms with Crippen molar-refractivity contribution in [3.05, 3.63) is 52.9 Å². The topological polar surface area (TPSA) is 83.8 Å². The molecular weight excluding hydrogens is 370 g/mol. The molecule has 1 aliphatic heterocycles. The number of nitrogens with one attached hydrogen (secondary N) is 2. The highest BCUT2D eigenvalue weighted by Crippen LogP contribution is 2.22. The predicted octanol–water partition coefficient (Wildman–Crippen LogP) is 2.37. The molecule has 2 aromatic rings. The van der Waals surface area contributed by atoms with Crippen molar-refractivity contribution in [3.8, 4) is 0 Å². The number of morpholine rings is 1. The molecule has 1 aromatic carbocycles. The van der Waals surface area contributed by atoms with Crippen LogP contribution in [0.1, 0.15) is 17.4 Å². The van der Waals surface area contributed by atoms with Gasteiger partial charge in [0.2, 0.25) is 0 Å². The number of aryl methyl sites for hydroxylation is 1. The predicted molar refractivity (Wildman–Crippen MR) is 102 cm³/mol. The second kappa shape index (κ2) is 9.03. The van der Waals surface area contributed by atoms with Gasteiger partial charge in [-0.15, -0.1) is 0 Å². The lowest BCUT2D eigenvalue weighted by atomic mass is 10.1. The summed E-state index contributed by atoms with van der Waals surface area (Å²) in [6.45, 7) is 4.80. The highest BCUT2D eigenvalue weighted by Gasteiger charge is 2.26. The molecule has 0 bridgehead atoms. The fraction of sp³-hybridized carbons (Fsp3) is 0.368. The molecule has 7 nitrogen and oxygen atoms in total. The van der Waals surface area contributed by atoms with Gasteiger partial charge < -0.3 is 19.8 Å². The molecule has 144 valence electrons. The Morgan fingerprint density at radius 1 is 1.22 bits per heavy atom. The average Bonchev–Trinajstić information content (AvgIpc) is 3.20. The minimum absolute atomic E-state index is 0.159. The van der Waals surface area contributed by atoms with E-state index in [4.69, 9.17) is 20.8 Å². The molecule has 2 N–H and O–H groups in total. The van der Waals surface area contributed by atoms with Crippen molar-refractivity contribution in [2.75, 3.05) is 38.2 Å². The zero-order valence-electron chi connectivity index (χ0n) is 15.0. The summed E-state index contributed by atoms with van der Waals surface area (Å²) in [5.74, 6) is -0.706. The van der Waals surface area contributed by atoms with E-state index in [2.05, 4.69) is 15.5 Å². The molecule has 1 saturated heterocycles. The van der Waals surface area contributed by atoms with Gasteiger partial charge in [-0.3, -0.25) is 14.5 Å². The number of hydrogen-bond acceptors (Lipinski definition) is 5. The van der Waals surface area contributed by atoms with Gasteiger partial charge in [0.15, 0.2) is 0 Å². The Labute approximate surface area is 162 Å². The molecule has 27 heavy (non-hydrogen) atoms. The molecule has 1 aliphatic rings. The lowest BCUT2D eigenvalue weighted by molar-refractivity contribution is -0.136. The largest absolute Gasteiger partial charge is 0.468 e. The first kappa shape index (κ1) is 19.4. The Hall–Kier alpha value is -2.35. The van der Waals surface area contributed by atoms with Crippen LogP contribution in [0.3, 0.4) is 0 Å². The maximum atomic E-state index is 12.3. The summed E-state index contributed by atoms with van der Waals surface area (Å²) in [4.78, 5) is 26.7. The van der Waals surface area contributed by atoms with E-state index in [1.54, 1.807) is 30.5 Å². The fourth-order valence-corrected chi connectivity index (χ4v) is 3.13. The summed E-state index contributed by atoms with van der Waals surface area (Å²) in [6.07, 6.45) is 1.60. The molecule has 0 radical (unpaired) electrons. The van der Waals surface area contributed by atoms with E-state index in [0.29, 0.717) is 23.9 Å². The first-order chi connectivity index (χ1) is 13.0. The maximum Gasteiger partial charge on any atom is 0.313 e. The SMILES string of the molecule is Cc1ccc(Cl)cc1NC(=O)C(=O)NCC(c1ccco1)N1CCOCC1. The lowest BCUT2D eigenvalue weighted by Crippen LogP contribution is -2.45. The number of carbonyl (C=O) groups excluding carboxylic acids is 2. The molecule has 3 rings (SSSR count). The van der Waals surface area contributed by atoms with Crippen molar-refractivity contribution in [2.24, 2.45) is 0 Å². The van der Waals surface area contributed by atoms with Gasteiger partial charge in [-0.05, 0) is 36.8 Å². The number of nitrogens with zero attached hydrogens (tertiary/aromatic N) is 1. The van der Waals surface area contributed by atoms with Crippen LogP contribution in [0.25, 0.3) is 0 Å². The number of hydrogen-bond donors (Lipinski definition) is 2. The highest BCUT2D eigenvalue weighted by atomic mass is 35.5. The number of ether oxygens (including phenoxy) is 1. The molecule has 8 heteroatoms. The van der Waals surface area contributed by atoms with Gasteiger partial charge in [0.25, 0.3) is 0 Å². The van der Waals surface area contributed by atoms with E-state index >= 15 is 0 Å². The zero-order chi connectivity index (χ0) is 19.2. The number of amides is 2. The Morgan fingerprint density at radius 2 is 2.00 bits per heavy atom. The molecule has 2 amide bonds. The Balaban J connectivity index is 1.61. The standard InChI is InChI=1S/C19H22ClN3O4/c1-13-4-5-14(20)11-15(13)22-19(25)18(24)21-12-16(17-3-2-8-27-17)23-6-9-26-10-7-23/h2-5,8,11,16H,6-7,9-10,12H2,1H3,(H,21,24)(H,22,25). The van der Waals surface area contributed by atoms with E-state index < -0.39 is 11.8 Å². The quantitative estimate of drug-likeness (QED) is 0.764. The third-order valence-electron chi connectivity index (χ3n) is 4.47. The summed E-state index contributed by atoms with van der Waals surface area (Å²) < 4.78 is 10.9. The van der Waals surface area contributed by atoms with Crippen LogP contribution in [0.5, 0.6) is 0 Å². The van der Waals surface area contributed by atoms with Crippen LogP contribution in [-0.2, 0) is 14.3 Å². The number of halogens is 1. The lowest BCUT2D eigenvalue weighted by Gasteiger charge is -2.33. The second-order valence-electron chi connectivity index (χ2n) is 6.30. The normalized spacial score (nSPS) is 15.9. The van der Waals surface area contributed by atoms with E-state index in [1.807, 2.05) is 13.0 Å². The summed E-state index contributed by atoms with van der Waals surface area (Å²) in [5.41, 5.74) is 1.33. The molecule has 0 saturated carbocycles. The number of anilines is 1. The Morgan fingerprint density at radius 3 is 2.70 bits per heavy atom. The van der Waals surface area contributed by atoms with Gasteiger partial charge in [0, 0.05) is 30.3 Å². The van der Waals surface area contributed by atoms with E-state index in [1.165, 1.54) is 0 Å². The van der Waals surface area contributed by atoms with Gasteiger partial charge >= 0.3 is 11.8 Å². The molecular formula is C19H22ClN3O4. The molecule has 1 unspecified atom stereocenters. The molecule has 0 spiro atoms. The van der Waals surface area contributed by atoms with Gasteiger partial charge in [-0.1, -0.05) is 17.7 Å². The van der Waals surface area contributed by atoms with Crippen molar-refractivity contribution in [2.45, 2.75) is 13.0 Å². The average molecular weight is 392 g/mol. The summed E-state index contributed by atoms with van der Waals surface area (Å²) in [7, 11) is 0. The zero-order valence-corrected chi connectivity index (χ0v) is 15.8. The third-order valence-corrected chi connectivity index (χ3v) is 4.70. The highest BCUT2D eigenvalue weighted by molar-refractivity contribution is 6.40. The number of carbonyl (C=O) groups is 2. The second-order valence-corrected chi connectivity index (χ2v) is 6.74. The molecule has 1 fully saturated rings. The summed E-state index contributed by atoms with van der Waals surface area (Å²) in [6, 6.07) is 8.63. The first-order valence-electron chi connectivity index (χ1n) is 8.75. The number of benzene rings is 1. The van der Waals surface area contributed by atoms with Gasteiger partial charge in [-0.2, -0.15) is 0 Å². The number of furan rings is 1. The first-order valence-corrected chi connectivity index (χ1v) is 9.13. The van der Waals surface area contributed by atoms with Crippen molar-refractivity contribution in [3.63, 3.8) is 0 Å². The van der Waals surface area contributed by atoms with Crippen molar-refractivity contribution < 1.29 is 18.7 Å². The van der Waals surface area contributed by atoms with Crippen molar-refractivity contribution in [1.82, 2.24) is 10.2 Å². The van der Waals surface area contributed by atoms with E-state index in [0.717, 1.165) is 24.4 Å². The van der Waals surface area contributed by atoms with Crippen LogP contribution in [0.15, 0.2) is 41.0 Å².